The van der Waals surface area contributed by atoms with E-state index in [0.717, 1.165) is 49.3 Å². The third-order valence-corrected chi connectivity index (χ3v) is 8.03. The van der Waals surface area contributed by atoms with Crippen LogP contribution in [0, 0.1) is 0 Å². The Morgan fingerprint density at radius 1 is 0.871 bits per heavy atom. The Kier molecular flexibility index (Phi) is 6.92. The van der Waals surface area contributed by atoms with Crippen LogP contribution in [0.1, 0.15) is 44.1 Å². The SMILES string of the molecule is O=C(CCc1ccc(S(=O)(=O)N2CCCCC2)cc1)Nc1cccc(N2CCCC2)c1. The number of amides is 1. The standard InChI is InChI=1S/C24H31N3O3S/c28-24(25-21-7-6-8-22(19-21)26-15-4-5-16-26)14-11-20-9-12-23(13-10-20)31(29,30)27-17-2-1-3-18-27/h6-10,12-13,19H,1-5,11,14-18H2,(H,25,28). The lowest BCUT2D eigenvalue weighted by Gasteiger charge is -2.25. The van der Waals surface area contributed by atoms with Gasteiger partial charge in [0.2, 0.25) is 15.9 Å². The molecule has 4 rings (SSSR count). The second kappa shape index (κ2) is 9.83. The van der Waals surface area contributed by atoms with E-state index in [1.165, 1.54) is 12.8 Å². The molecule has 0 spiro atoms. The summed E-state index contributed by atoms with van der Waals surface area (Å²) in [7, 11) is -3.41. The van der Waals surface area contributed by atoms with Crippen molar-refractivity contribution < 1.29 is 13.2 Å². The fourth-order valence-corrected chi connectivity index (χ4v) is 5.84. The molecule has 0 aromatic heterocycles. The van der Waals surface area contributed by atoms with Gasteiger partial charge in [-0.1, -0.05) is 24.6 Å². The molecule has 1 N–H and O–H groups in total. The van der Waals surface area contributed by atoms with Crippen LogP contribution in [0.5, 0.6) is 0 Å². The number of benzene rings is 2. The normalized spacial score (nSPS) is 17.6. The lowest BCUT2D eigenvalue weighted by molar-refractivity contribution is -0.116. The molecule has 0 saturated carbocycles. The van der Waals surface area contributed by atoms with Crippen molar-refractivity contribution in [2.75, 3.05) is 36.4 Å². The van der Waals surface area contributed by atoms with Crippen molar-refractivity contribution in [1.82, 2.24) is 4.31 Å². The quantitative estimate of drug-likeness (QED) is 0.704. The van der Waals surface area contributed by atoms with E-state index in [0.29, 0.717) is 30.8 Å². The Bertz CT molecular complexity index is 993. The molecule has 0 aliphatic carbocycles. The molecule has 0 bridgehead atoms. The van der Waals surface area contributed by atoms with Crippen LogP contribution in [0.15, 0.2) is 53.4 Å². The van der Waals surface area contributed by atoms with Gasteiger partial charge in [0.1, 0.15) is 0 Å². The molecular formula is C24H31N3O3S. The highest BCUT2D eigenvalue weighted by Crippen LogP contribution is 2.24. The zero-order chi connectivity index (χ0) is 21.7. The van der Waals surface area contributed by atoms with E-state index in [2.05, 4.69) is 16.3 Å². The van der Waals surface area contributed by atoms with Crippen molar-refractivity contribution in [3.63, 3.8) is 0 Å². The minimum atomic E-state index is -3.41. The molecule has 7 heteroatoms. The molecule has 2 saturated heterocycles. The Morgan fingerprint density at radius 3 is 2.26 bits per heavy atom. The topological polar surface area (TPSA) is 69.7 Å². The van der Waals surface area contributed by atoms with Gasteiger partial charge in [0.25, 0.3) is 0 Å². The van der Waals surface area contributed by atoms with Crippen LogP contribution in [-0.2, 0) is 21.2 Å². The fourth-order valence-electron chi connectivity index (χ4n) is 4.32. The van der Waals surface area contributed by atoms with E-state index in [1.54, 1.807) is 16.4 Å². The number of sulfonamides is 1. The Labute approximate surface area is 185 Å². The van der Waals surface area contributed by atoms with Crippen LogP contribution in [0.25, 0.3) is 0 Å². The van der Waals surface area contributed by atoms with Crippen molar-refractivity contribution in [2.24, 2.45) is 0 Å². The van der Waals surface area contributed by atoms with Gasteiger partial charge in [0.05, 0.1) is 4.90 Å². The van der Waals surface area contributed by atoms with Gasteiger partial charge >= 0.3 is 0 Å². The van der Waals surface area contributed by atoms with Gasteiger partial charge in [-0.25, -0.2) is 8.42 Å². The smallest absolute Gasteiger partial charge is 0.243 e. The Morgan fingerprint density at radius 2 is 1.55 bits per heavy atom. The van der Waals surface area contributed by atoms with Crippen molar-refractivity contribution in [1.29, 1.82) is 0 Å². The summed E-state index contributed by atoms with van der Waals surface area (Å²) in [5.74, 6) is -0.0383. The molecule has 2 aromatic carbocycles. The predicted molar refractivity (Wildman–Crippen MR) is 124 cm³/mol. The van der Waals surface area contributed by atoms with Crippen LogP contribution in [0.4, 0.5) is 11.4 Å². The van der Waals surface area contributed by atoms with Gasteiger partial charge < -0.3 is 10.2 Å². The average molecular weight is 442 g/mol. The molecule has 2 fully saturated rings. The minimum Gasteiger partial charge on any atom is -0.371 e. The molecule has 0 radical (unpaired) electrons. The number of aryl methyl sites for hydroxylation is 1. The average Bonchev–Trinajstić information content (AvgIpc) is 3.34. The zero-order valence-corrected chi connectivity index (χ0v) is 18.7. The first-order chi connectivity index (χ1) is 15.0. The maximum Gasteiger partial charge on any atom is 0.243 e. The lowest BCUT2D eigenvalue weighted by atomic mass is 10.1. The van der Waals surface area contributed by atoms with Gasteiger partial charge in [-0.05, 0) is 68.0 Å². The van der Waals surface area contributed by atoms with Gasteiger partial charge in [0, 0.05) is 44.0 Å². The second-order valence-electron chi connectivity index (χ2n) is 8.40. The highest BCUT2D eigenvalue weighted by molar-refractivity contribution is 7.89. The molecule has 0 unspecified atom stereocenters. The van der Waals surface area contributed by atoms with E-state index in [9.17, 15) is 13.2 Å². The molecule has 0 atom stereocenters. The van der Waals surface area contributed by atoms with E-state index < -0.39 is 10.0 Å². The molecule has 166 valence electrons. The monoisotopic (exact) mass is 441 g/mol. The number of carbonyl (C=O) groups excluding carboxylic acids is 1. The molecule has 6 nitrogen and oxygen atoms in total. The largest absolute Gasteiger partial charge is 0.371 e. The summed E-state index contributed by atoms with van der Waals surface area (Å²) in [6.45, 7) is 3.34. The highest BCUT2D eigenvalue weighted by atomic mass is 32.2. The molecule has 31 heavy (non-hydrogen) atoms. The van der Waals surface area contributed by atoms with E-state index >= 15 is 0 Å². The summed E-state index contributed by atoms with van der Waals surface area (Å²) in [4.78, 5) is 15.1. The van der Waals surface area contributed by atoms with Crippen LogP contribution in [0.3, 0.4) is 0 Å². The first kappa shape index (κ1) is 21.8. The number of hydrogen-bond donors (Lipinski definition) is 1. The van der Waals surface area contributed by atoms with Crippen LogP contribution in [-0.4, -0.2) is 44.8 Å². The van der Waals surface area contributed by atoms with Crippen molar-refractivity contribution in [2.45, 2.75) is 49.8 Å². The third-order valence-electron chi connectivity index (χ3n) is 6.12. The second-order valence-corrected chi connectivity index (χ2v) is 10.3. The molecular weight excluding hydrogens is 410 g/mol. The van der Waals surface area contributed by atoms with Crippen LogP contribution in [0.2, 0.25) is 0 Å². The number of anilines is 2. The molecule has 2 heterocycles. The number of nitrogens with zero attached hydrogens (tertiary/aromatic N) is 2. The van der Waals surface area contributed by atoms with E-state index in [4.69, 9.17) is 0 Å². The summed E-state index contributed by atoms with van der Waals surface area (Å²) in [5, 5.41) is 2.99. The van der Waals surface area contributed by atoms with Gasteiger partial charge in [0.15, 0.2) is 0 Å². The molecule has 2 aliphatic rings. The number of nitrogens with one attached hydrogen (secondary N) is 1. The summed E-state index contributed by atoms with van der Waals surface area (Å²) >= 11 is 0. The summed E-state index contributed by atoms with van der Waals surface area (Å²) in [6, 6.07) is 15.0. The predicted octanol–water partition coefficient (Wildman–Crippen LogP) is 4.03. The first-order valence-corrected chi connectivity index (χ1v) is 12.7. The Balaban J connectivity index is 1.31. The zero-order valence-electron chi connectivity index (χ0n) is 17.9. The third kappa shape index (κ3) is 5.46. The van der Waals surface area contributed by atoms with Gasteiger partial charge in [-0.3, -0.25) is 4.79 Å². The summed E-state index contributed by atoms with van der Waals surface area (Å²) in [6.07, 6.45) is 6.30. The first-order valence-electron chi connectivity index (χ1n) is 11.3. The highest BCUT2D eigenvalue weighted by Gasteiger charge is 2.25. The Hall–Kier alpha value is -2.38. The fraction of sp³-hybridized carbons (Fsp3) is 0.458. The van der Waals surface area contributed by atoms with Gasteiger partial charge in [-0.2, -0.15) is 4.31 Å². The number of piperidine rings is 1. The molecule has 2 aromatic rings. The van der Waals surface area contributed by atoms with Crippen molar-refractivity contribution in [3.8, 4) is 0 Å². The number of hydrogen-bond acceptors (Lipinski definition) is 4. The van der Waals surface area contributed by atoms with Crippen molar-refractivity contribution in [3.05, 3.63) is 54.1 Å². The van der Waals surface area contributed by atoms with E-state index in [1.807, 2.05) is 30.3 Å². The summed E-state index contributed by atoms with van der Waals surface area (Å²) in [5.41, 5.74) is 2.93. The van der Waals surface area contributed by atoms with Crippen LogP contribution < -0.4 is 10.2 Å². The van der Waals surface area contributed by atoms with E-state index in [-0.39, 0.29) is 5.91 Å². The van der Waals surface area contributed by atoms with Crippen molar-refractivity contribution >= 4 is 27.3 Å². The summed E-state index contributed by atoms with van der Waals surface area (Å²) < 4.78 is 27.1. The molecule has 2 aliphatic heterocycles. The maximum atomic E-state index is 12.7. The maximum absolute atomic E-state index is 12.7. The lowest BCUT2D eigenvalue weighted by Crippen LogP contribution is -2.35. The number of rotatable bonds is 7. The van der Waals surface area contributed by atoms with Gasteiger partial charge in [-0.15, -0.1) is 0 Å². The number of carbonyl (C=O) groups is 1. The molecule has 1 amide bonds. The minimum absolute atomic E-state index is 0.0383. The van der Waals surface area contributed by atoms with Crippen LogP contribution >= 0.6 is 0 Å².